The maximum atomic E-state index is 5.54. The van der Waals surface area contributed by atoms with Crippen molar-refractivity contribution in [2.75, 3.05) is 20.8 Å². The van der Waals surface area contributed by atoms with Crippen molar-refractivity contribution < 1.29 is 14.2 Å². The second kappa shape index (κ2) is 3.80. The molecular formula is C11H20O3. The van der Waals surface area contributed by atoms with Crippen molar-refractivity contribution in [2.24, 2.45) is 5.92 Å². The van der Waals surface area contributed by atoms with Gasteiger partial charge in [0.2, 0.25) is 0 Å². The zero-order chi connectivity index (χ0) is 10.2. The molecule has 0 aromatic rings. The minimum atomic E-state index is 0.0156. The van der Waals surface area contributed by atoms with Crippen molar-refractivity contribution in [3.05, 3.63) is 0 Å². The number of methoxy groups -OCH3 is 2. The van der Waals surface area contributed by atoms with E-state index in [1.165, 1.54) is 6.42 Å². The van der Waals surface area contributed by atoms with E-state index in [0.717, 1.165) is 19.4 Å². The number of ether oxygens (including phenoxy) is 3. The number of rotatable bonds is 3. The zero-order valence-corrected chi connectivity index (χ0v) is 9.29. The van der Waals surface area contributed by atoms with Crippen LogP contribution in [0, 0.1) is 5.92 Å². The lowest BCUT2D eigenvalue weighted by molar-refractivity contribution is -0.0892. The molecule has 1 heterocycles. The molecular weight excluding hydrogens is 180 g/mol. The average Bonchev–Trinajstić information content (AvgIpc) is 2.96. The van der Waals surface area contributed by atoms with Crippen molar-refractivity contribution in [3.63, 3.8) is 0 Å². The summed E-state index contributed by atoms with van der Waals surface area (Å²) in [6.07, 6.45) is 4.09. The Hall–Kier alpha value is -0.120. The molecule has 0 bridgehead atoms. The lowest BCUT2D eigenvalue weighted by atomic mass is 9.76. The van der Waals surface area contributed by atoms with E-state index in [0.29, 0.717) is 18.1 Å². The Kier molecular flexibility index (Phi) is 2.82. The van der Waals surface area contributed by atoms with Crippen LogP contribution in [0.2, 0.25) is 0 Å². The third-order valence-electron chi connectivity index (χ3n) is 3.69. The summed E-state index contributed by atoms with van der Waals surface area (Å²) in [6, 6.07) is 0. The highest BCUT2D eigenvalue weighted by Crippen LogP contribution is 2.44. The highest BCUT2D eigenvalue weighted by atomic mass is 16.6. The predicted octanol–water partition coefficient (Wildman–Crippen LogP) is 1.61. The Labute approximate surface area is 85.7 Å². The van der Waals surface area contributed by atoms with E-state index in [4.69, 9.17) is 14.2 Å². The standard InChI is InChI=1S/C11H20O3/c1-11(7-14-11)10-8(12-2)5-4-6-9(10)13-3/h8-10H,4-7H2,1-3H3/t8-,9-,11+/m1/s1. The maximum Gasteiger partial charge on any atom is 0.0966 e. The average molecular weight is 200 g/mol. The first-order valence-electron chi connectivity index (χ1n) is 5.41. The normalized spacial score (nSPS) is 43.9. The number of hydrogen-bond donors (Lipinski definition) is 0. The lowest BCUT2D eigenvalue weighted by Gasteiger charge is -2.38. The summed E-state index contributed by atoms with van der Waals surface area (Å²) < 4.78 is 16.6. The van der Waals surface area contributed by atoms with Gasteiger partial charge in [-0.25, -0.2) is 0 Å². The third-order valence-corrected chi connectivity index (χ3v) is 3.69. The van der Waals surface area contributed by atoms with Gasteiger partial charge in [0.1, 0.15) is 0 Å². The van der Waals surface area contributed by atoms with Gasteiger partial charge in [-0.2, -0.15) is 0 Å². The molecule has 0 spiro atoms. The van der Waals surface area contributed by atoms with Crippen molar-refractivity contribution in [1.82, 2.24) is 0 Å². The highest BCUT2D eigenvalue weighted by molar-refractivity contribution is 5.02. The van der Waals surface area contributed by atoms with Crippen LogP contribution in [0.3, 0.4) is 0 Å². The largest absolute Gasteiger partial charge is 0.381 e. The molecule has 0 N–H and O–H groups in total. The molecule has 2 fully saturated rings. The maximum absolute atomic E-state index is 5.54. The van der Waals surface area contributed by atoms with E-state index in [1.54, 1.807) is 14.2 Å². The fourth-order valence-electron chi connectivity index (χ4n) is 2.74. The quantitative estimate of drug-likeness (QED) is 0.648. The van der Waals surface area contributed by atoms with Crippen molar-refractivity contribution in [1.29, 1.82) is 0 Å². The van der Waals surface area contributed by atoms with Crippen LogP contribution in [0.25, 0.3) is 0 Å². The Balaban J connectivity index is 2.10. The summed E-state index contributed by atoms with van der Waals surface area (Å²) in [5, 5.41) is 0. The van der Waals surface area contributed by atoms with Crippen LogP contribution >= 0.6 is 0 Å². The Morgan fingerprint density at radius 2 is 1.64 bits per heavy atom. The van der Waals surface area contributed by atoms with Crippen LogP contribution in [-0.4, -0.2) is 38.6 Å². The van der Waals surface area contributed by atoms with Crippen LogP contribution in [-0.2, 0) is 14.2 Å². The van der Waals surface area contributed by atoms with Gasteiger partial charge in [0.05, 0.1) is 24.4 Å². The van der Waals surface area contributed by atoms with Gasteiger partial charge in [0, 0.05) is 20.1 Å². The van der Waals surface area contributed by atoms with Gasteiger partial charge in [0.25, 0.3) is 0 Å². The number of hydrogen-bond acceptors (Lipinski definition) is 3. The van der Waals surface area contributed by atoms with Gasteiger partial charge in [-0.1, -0.05) is 0 Å². The van der Waals surface area contributed by atoms with E-state index in [9.17, 15) is 0 Å². The van der Waals surface area contributed by atoms with Gasteiger partial charge in [-0.05, 0) is 26.2 Å². The minimum absolute atomic E-state index is 0.0156. The van der Waals surface area contributed by atoms with E-state index < -0.39 is 0 Å². The van der Waals surface area contributed by atoms with Gasteiger partial charge in [-0.3, -0.25) is 0 Å². The number of epoxide rings is 1. The van der Waals surface area contributed by atoms with Crippen LogP contribution in [0.1, 0.15) is 26.2 Å². The molecule has 0 unspecified atom stereocenters. The van der Waals surface area contributed by atoms with Crippen LogP contribution in [0.4, 0.5) is 0 Å². The summed E-state index contributed by atoms with van der Waals surface area (Å²) in [7, 11) is 3.59. The summed E-state index contributed by atoms with van der Waals surface area (Å²) in [5.74, 6) is 0.409. The molecule has 3 nitrogen and oxygen atoms in total. The summed E-state index contributed by atoms with van der Waals surface area (Å²) >= 11 is 0. The SMILES string of the molecule is CO[C@@H]1CCC[C@@H](OC)C1[C@]1(C)CO1. The highest BCUT2D eigenvalue weighted by Gasteiger charge is 2.54. The van der Waals surface area contributed by atoms with E-state index in [1.807, 2.05) is 0 Å². The molecule has 1 saturated carbocycles. The van der Waals surface area contributed by atoms with Crippen LogP contribution in [0.5, 0.6) is 0 Å². The van der Waals surface area contributed by atoms with Crippen molar-refractivity contribution in [2.45, 2.75) is 44.0 Å². The predicted molar refractivity (Wildman–Crippen MR) is 53.3 cm³/mol. The molecule has 1 saturated heterocycles. The molecule has 1 aliphatic carbocycles. The first-order valence-corrected chi connectivity index (χ1v) is 5.41. The van der Waals surface area contributed by atoms with Gasteiger partial charge in [-0.15, -0.1) is 0 Å². The van der Waals surface area contributed by atoms with Crippen molar-refractivity contribution >= 4 is 0 Å². The topological polar surface area (TPSA) is 31.0 Å². The van der Waals surface area contributed by atoms with Gasteiger partial charge >= 0.3 is 0 Å². The molecule has 0 radical (unpaired) electrons. The zero-order valence-electron chi connectivity index (χ0n) is 9.29. The Morgan fingerprint density at radius 3 is 2.00 bits per heavy atom. The monoisotopic (exact) mass is 200 g/mol. The first kappa shape index (κ1) is 10.4. The fourth-order valence-corrected chi connectivity index (χ4v) is 2.74. The molecule has 0 amide bonds. The molecule has 3 heteroatoms. The van der Waals surface area contributed by atoms with Crippen molar-refractivity contribution in [3.8, 4) is 0 Å². The molecule has 3 atom stereocenters. The Bertz CT molecular complexity index is 189. The second-order valence-electron chi connectivity index (χ2n) is 4.61. The van der Waals surface area contributed by atoms with E-state index in [2.05, 4.69) is 6.92 Å². The smallest absolute Gasteiger partial charge is 0.0966 e. The van der Waals surface area contributed by atoms with E-state index in [-0.39, 0.29) is 5.60 Å². The van der Waals surface area contributed by atoms with Gasteiger partial charge in [0.15, 0.2) is 0 Å². The van der Waals surface area contributed by atoms with Crippen LogP contribution < -0.4 is 0 Å². The molecule has 0 aromatic carbocycles. The molecule has 82 valence electrons. The Morgan fingerprint density at radius 1 is 1.14 bits per heavy atom. The first-order chi connectivity index (χ1) is 6.71. The molecule has 14 heavy (non-hydrogen) atoms. The van der Waals surface area contributed by atoms with E-state index >= 15 is 0 Å². The molecule has 2 aliphatic rings. The minimum Gasteiger partial charge on any atom is -0.381 e. The van der Waals surface area contributed by atoms with Crippen LogP contribution in [0.15, 0.2) is 0 Å². The summed E-state index contributed by atoms with van der Waals surface area (Å²) in [4.78, 5) is 0. The molecule has 0 aromatic heterocycles. The third kappa shape index (κ3) is 1.69. The lowest BCUT2D eigenvalue weighted by Crippen LogP contribution is -2.46. The fraction of sp³-hybridized carbons (Fsp3) is 1.00. The summed E-state index contributed by atoms with van der Waals surface area (Å²) in [6.45, 7) is 3.03. The second-order valence-corrected chi connectivity index (χ2v) is 4.61. The van der Waals surface area contributed by atoms with Gasteiger partial charge < -0.3 is 14.2 Å². The summed E-state index contributed by atoms with van der Waals surface area (Å²) in [5.41, 5.74) is 0.0156. The molecule has 1 aliphatic heterocycles. The molecule has 2 rings (SSSR count).